The number of aromatic nitrogens is 2. The summed E-state index contributed by atoms with van der Waals surface area (Å²) in [5.74, 6) is 0.734. The van der Waals surface area contributed by atoms with Gasteiger partial charge in [-0.1, -0.05) is 26.0 Å². The molecular weight excluding hydrogens is 463 g/mol. The van der Waals surface area contributed by atoms with Crippen LogP contribution in [0.25, 0.3) is 11.3 Å². The average molecular weight is 495 g/mol. The predicted octanol–water partition coefficient (Wildman–Crippen LogP) is 5.87. The average Bonchev–Trinajstić information content (AvgIpc) is 3.71. The Balaban J connectivity index is 1.55. The molecule has 0 amide bonds. The van der Waals surface area contributed by atoms with Crippen LogP contribution in [0.1, 0.15) is 50.3 Å². The molecule has 36 heavy (non-hydrogen) atoms. The second-order valence-corrected chi connectivity index (χ2v) is 9.47. The highest BCUT2D eigenvalue weighted by Gasteiger charge is 2.33. The van der Waals surface area contributed by atoms with Crippen LogP contribution < -0.4 is 14.2 Å². The summed E-state index contributed by atoms with van der Waals surface area (Å²) >= 11 is 0. The molecule has 8 heteroatoms. The number of benzene rings is 2. The largest absolute Gasteiger partial charge is 0.497 e. The number of halogens is 1. The normalized spacial score (nSPS) is 13.9. The fourth-order valence-electron chi connectivity index (χ4n) is 4.06. The number of methoxy groups -OCH3 is 1. The summed E-state index contributed by atoms with van der Waals surface area (Å²) in [4.78, 5) is 20.4. The van der Waals surface area contributed by atoms with Gasteiger partial charge in [0.05, 0.1) is 26.3 Å². The SMILES string of the molecule is COc1ccc(F)c(-c2ncc(COc3cccc([C@@H](CC(=O)O)C4CC4)c3)nc2OCC(C)C)c1. The van der Waals surface area contributed by atoms with E-state index in [2.05, 4.69) is 9.97 Å². The molecule has 1 aliphatic carbocycles. The molecule has 190 valence electrons. The summed E-state index contributed by atoms with van der Waals surface area (Å²) in [5.41, 5.74) is 2.02. The van der Waals surface area contributed by atoms with Gasteiger partial charge in [-0.3, -0.25) is 4.79 Å². The molecule has 1 fully saturated rings. The van der Waals surface area contributed by atoms with Crippen molar-refractivity contribution in [2.45, 2.75) is 45.6 Å². The maximum Gasteiger partial charge on any atom is 0.303 e. The number of rotatable bonds is 12. The lowest BCUT2D eigenvalue weighted by Crippen LogP contribution is -2.10. The van der Waals surface area contributed by atoms with Gasteiger partial charge in [-0.2, -0.15) is 0 Å². The summed E-state index contributed by atoms with van der Waals surface area (Å²) in [6.45, 7) is 4.55. The maximum atomic E-state index is 14.6. The molecule has 7 nitrogen and oxygen atoms in total. The second-order valence-electron chi connectivity index (χ2n) is 9.47. The first kappa shape index (κ1) is 25.4. The van der Waals surface area contributed by atoms with Gasteiger partial charge >= 0.3 is 5.97 Å². The smallest absolute Gasteiger partial charge is 0.303 e. The van der Waals surface area contributed by atoms with E-state index in [4.69, 9.17) is 14.2 Å². The fourth-order valence-corrected chi connectivity index (χ4v) is 4.06. The zero-order valence-electron chi connectivity index (χ0n) is 20.7. The minimum absolute atomic E-state index is 0.0149. The molecule has 0 aliphatic heterocycles. The fraction of sp³-hybridized carbons (Fsp3) is 0.393. The molecule has 0 saturated heterocycles. The van der Waals surface area contributed by atoms with Crippen LogP contribution in [0.2, 0.25) is 0 Å². The summed E-state index contributed by atoms with van der Waals surface area (Å²) in [5, 5.41) is 9.31. The maximum absolute atomic E-state index is 14.6. The van der Waals surface area contributed by atoms with Crippen molar-refractivity contribution < 1.29 is 28.5 Å². The van der Waals surface area contributed by atoms with E-state index in [1.165, 1.54) is 19.4 Å². The molecule has 0 unspecified atom stereocenters. The van der Waals surface area contributed by atoms with E-state index < -0.39 is 11.8 Å². The molecule has 1 saturated carbocycles. The Hall–Kier alpha value is -3.68. The van der Waals surface area contributed by atoms with E-state index in [-0.39, 0.29) is 36.3 Å². The van der Waals surface area contributed by atoms with Crippen LogP contribution in [0.5, 0.6) is 17.4 Å². The first-order valence-corrected chi connectivity index (χ1v) is 12.1. The summed E-state index contributed by atoms with van der Waals surface area (Å²) < 4.78 is 31.8. The van der Waals surface area contributed by atoms with Crippen molar-refractivity contribution in [2.24, 2.45) is 11.8 Å². The summed E-state index contributed by atoms with van der Waals surface area (Å²) in [7, 11) is 1.52. The van der Waals surface area contributed by atoms with Crippen LogP contribution in [0.15, 0.2) is 48.7 Å². The van der Waals surface area contributed by atoms with Gasteiger partial charge in [0.1, 0.15) is 35.3 Å². The van der Waals surface area contributed by atoms with E-state index in [0.29, 0.717) is 35.4 Å². The number of nitrogens with zero attached hydrogens (tertiary/aromatic N) is 2. The number of carbonyl (C=O) groups is 1. The number of hydrogen-bond acceptors (Lipinski definition) is 6. The van der Waals surface area contributed by atoms with E-state index in [1.807, 2.05) is 38.1 Å². The second kappa shape index (κ2) is 11.4. The predicted molar refractivity (Wildman–Crippen MR) is 133 cm³/mol. The summed E-state index contributed by atoms with van der Waals surface area (Å²) in [6, 6.07) is 12.0. The number of carboxylic acid groups (broad SMARTS) is 1. The van der Waals surface area contributed by atoms with Crippen molar-refractivity contribution in [1.82, 2.24) is 9.97 Å². The van der Waals surface area contributed by atoms with Crippen LogP contribution in [0, 0.1) is 17.7 Å². The van der Waals surface area contributed by atoms with Crippen LogP contribution in [-0.4, -0.2) is 34.8 Å². The van der Waals surface area contributed by atoms with E-state index in [9.17, 15) is 14.3 Å². The third-order valence-electron chi connectivity index (χ3n) is 6.03. The van der Waals surface area contributed by atoms with Crippen LogP contribution in [-0.2, 0) is 11.4 Å². The third-order valence-corrected chi connectivity index (χ3v) is 6.03. The minimum Gasteiger partial charge on any atom is -0.497 e. The topological polar surface area (TPSA) is 90.8 Å². The van der Waals surface area contributed by atoms with Crippen molar-refractivity contribution >= 4 is 5.97 Å². The quantitative estimate of drug-likeness (QED) is 0.337. The monoisotopic (exact) mass is 494 g/mol. The molecular formula is C28H31FN2O5. The zero-order valence-corrected chi connectivity index (χ0v) is 20.7. The number of hydrogen-bond donors (Lipinski definition) is 1. The molecule has 1 aliphatic rings. The van der Waals surface area contributed by atoms with Crippen LogP contribution in [0.4, 0.5) is 4.39 Å². The molecule has 4 rings (SSSR count). The molecule has 1 atom stereocenters. The number of carboxylic acids is 1. The standard InChI is InChI=1S/C28H31FN2O5/c1-17(2)15-36-28-27(24-12-21(34-3)9-10-25(24)29)30-14-20(31-28)16-35-22-6-4-5-19(11-22)23(13-26(32)33)18-7-8-18/h4-6,9-12,14,17-18,23H,7-8,13,15-16H2,1-3H3,(H,32,33)/t23-/m0/s1. The van der Waals surface area contributed by atoms with Gasteiger partial charge in [-0.05, 0) is 66.5 Å². The lowest BCUT2D eigenvalue weighted by molar-refractivity contribution is -0.137. The molecule has 2 aromatic carbocycles. The first-order chi connectivity index (χ1) is 17.3. The van der Waals surface area contributed by atoms with Gasteiger partial charge in [0.2, 0.25) is 5.88 Å². The van der Waals surface area contributed by atoms with Crippen LogP contribution in [0.3, 0.4) is 0 Å². The van der Waals surface area contributed by atoms with Gasteiger partial charge in [0.15, 0.2) is 0 Å². The Kier molecular flexibility index (Phi) is 8.03. The molecule has 0 bridgehead atoms. The van der Waals surface area contributed by atoms with Gasteiger partial charge in [-0.25, -0.2) is 14.4 Å². The van der Waals surface area contributed by atoms with Crippen molar-refractivity contribution in [2.75, 3.05) is 13.7 Å². The van der Waals surface area contributed by atoms with Crippen molar-refractivity contribution in [1.29, 1.82) is 0 Å². The zero-order chi connectivity index (χ0) is 25.7. The van der Waals surface area contributed by atoms with E-state index in [0.717, 1.165) is 18.4 Å². The van der Waals surface area contributed by atoms with Gasteiger partial charge < -0.3 is 19.3 Å². The molecule has 1 heterocycles. The molecule has 1 N–H and O–H groups in total. The Morgan fingerprint density at radius 3 is 2.64 bits per heavy atom. The molecule has 0 radical (unpaired) electrons. The highest BCUT2D eigenvalue weighted by Crippen LogP contribution is 2.45. The van der Waals surface area contributed by atoms with Gasteiger partial charge in [-0.15, -0.1) is 0 Å². The van der Waals surface area contributed by atoms with Gasteiger partial charge in [0.25, 0.3) is 0 Å². The first-order valence-electron chi connectivity index (χ1n) is 12.1. The molecule has 1 aromatic heterocycles. The number of aliphatic carboxylic acids is 1. The van der Waals surface area contributed by atoms with E-state index >= 15 is 0 Å². The lowest BCUT2D eigenvalue weighted by Gasteiger charge is -2.16. The highest BCUT2D eigenvalue weighted by molar-refractivity contribution is 5.68. The Morgan fingerprint density at radius 1 is 1.14 bits per heavy atom. The van der Waals surface area contributed by atoms with Crippen molar-refractivity contribution in [3.8, 4) is 28.6 Å². The lowest BCUT2D eigenvalue weighted by atomic mass is 9.91. The molecule has 3 aromatic rings. The third kappa shape index (κ3) is 6.50. The minimum atomic E-state index is -0.796. The van der Waals surface area contributed by atoms with Crippen LogP contribution >= 0.6 is 0 Å². The summed E-state index contributed by atoms with van der Waals surface area (Å²) in [6.07, 6.45) is 3.76. The van der Waals surface area contributed by atoms with E-state index in [1.54, 1.807) is 12.1 Å². The number of ether oxygens (including phenoxy) is 3. The van der Waals surface area contributed by atoms with Crippen molar-refractivity contribution in [3.63, 3.8) is 0 Å². The highest BCUT2D eigenvalue weighted by atomic mass is 19.1. The molecule has 0 spiro atoms. The van der Waals surface area contributed by atoms with Gasteiger partial charge in [0, 0.05) is 5.56 Å². The van der Waals surface area contributed by atoms with Crippen molar-refractivity contribution in [3.05, 3.63) is 65.7 Å². The Labute approximate surface area is 210 Å². The Bertz CT molecular complexity index is 1210. The Morgan fingerprint density at radius 2 is 1.94 bits per heavy atom.